The van der Waals surface area contributed by atoms with Gasteiger partial charge in [-0.1, -0.05) is 0 Å². The van der Waals surface area contributed by atoms with Crippen LogP contribution < -0.4 is 15.4 Å². The summed E-state index contributed by atoms with van der Waals surface area (Å²) in [4.78, 5) is 28.1. The van der Waals surface area contributed by atoms with Crippen molar-refractivity contribution in [3.05, 3.63) is 72.3 Å². The molecule has 7 heteroatoms. The highest BCUT2D eigenvalue weighted by atomic mass is 16.5. The van der Waals surface area contributed by atoms with Crippen LogP contribution in [0.25, 0.3) is 0 Å². The maximum Gasteiger partial charge on any atom is 0.292 e. The molecule has 25 heavy (non-hydrogen) atoms. The maximum atomic E-state index is 12.2. The molecule has 7 nitrogen and oxygen atoms in total. The molecule has 0 radical (unpaired) electrons. The lowest BCUT2D eigenvalue weighted by atomic mass is 10.2. The summed E-state index contributed by atoms with van der Waals surface area (Å²) in [5.74, 6) is 0.557. The molecule has 0 saturated heterocycles. The van der Waals surface area contributed by atoms with Crippen molar-refractivity contribution in [3.63, 3.8) is 0 Å². The minimum absolute atomic E-state index is 0.193. The molecular formula is C18H15N3O4. The Morgan fingerprint density at radius 1 is 1.00 bits per heavy atom. The zero-order valence-corrected chi connectivity index (χ0v) is 13.4. The van der Waals surface area contributed by atoms with Gasteiger partial charge in [0.2, 0.25) is 0 Å². The fraction of sp³-hybridized carbons (Fsp3) is 0.0556. The van der Waals surface area contributed by atoms with Gasteiger partial charge in [-0.15, -0.1) is 0 Å². The number of carbonyl (C=O) groups is 2. The first-order chi connectivity index (χ1) is 12.2. The van der Waals surface area contributed by atoms with Crippen molar-refractivity contribution in [2.45, 2.75) is 0 Å². The number of hydrogen-bond donors (Lipinski definition) is 2. The number of furan rings is 1. The van der Waals surface area contributed by atoms with Gasteiger partial charge in [0.25, 0.3) is 11.8 Å². The van der Waals surface area contributed by atoms with Gasteiger partial charge < -0.3 is 19.8 Å². The van der Waals surface area contributed by atoms with E-state index in [2.05, 4.69) is 15.6 Å². The third kappa shape index (κ3) is 4.03. The first-order valence-electron chi connectivity index (χ1n) is 7.42. The fourth-order valence-corrected chi connectivity index (χ4v) is 2.07. The standard InChI is InChI=1S/C18H15N3O4/c1-24-14-7-4-12(5-8-14)17(22)20-13-6-9-16(19-11-13)21-18(23)15-3-2-10-25-15/h2-11H,1H3,(H,20,22)(H,19,21,23). The number of nitrogens with zero attached hydrogens (tertiary/aromatic N) is 1. The molecule has 2 N–H and O–H groups in total. The van der Waals surface area contributed by atoms with Gasteiger partial charge in [0.1, 0.15) is 11.6 Å². The summed E-state index contributed by atoms with van der Waals surface area (Å²) in [6.45, 7) is 0. The number of aromatic nitrogens is 1. The number of rotatable bonds is 5. The average Bonchev–Trinajstić information content (AvgIpc) is 3.18. The van der Waals surface area contributed by atoms with E-state index in [4.69, 9.17) is 9.15 Å². The highest BCUT2D eigenvalue weighted by molar-refractivity contribution is 6.04. The van der Waals surface area contributed by atoms with Gasteiger partial charge in [0.05, 0.1) is 25.3 Å². The molecule has 0 aliphatic heterocycles. The molecular weight excluding hydrogens is 322 g/mol. The van der Waals surface area contributed by atoms with Crippen molar-refractivity contribution < 1.29 is 18.7 Å². The lowest BCUT2D eigenvalue weighted by Crippen LogP contribution is -2.14. The smallest absolute Gasteiger partial charge is 0.292 e. The largest absolute Gasteiger partial charge is 0.497 e. The van der Waals surface area contributed by atoms with Crippen molar-refractivity contribution in [3.8, 4) is 5.75 Å². The van der Waals surface area contributed by atoms with Gasteiger partial charge in [-0.3, -0.25) is 9.59 Å². The van der Waals surface area contributed by atoms with Gasteiger partial charge in [0, 0.05) is 5.56 Å². The van der Waals surface area contributed by atoms with E-state index in [9.17, 15) is 9.59 Å². The highest BCUT2D eigenvalue weighted by Crippen LogP contribution is 2.15. The van der Waals surface area contributed by atoms with Gasteiger partial charge in [-0.25, -0.2) is 4.98 Å². The lowest BCUT2D eigenvalue weighted by Gasteiger charge is -2.07. The number of amides is 2. The van der Waals surface area contributed by atoms with Crippen molar-refractivity contribution in [2.75, 3.05) is 17.7 Å². The number of anilines is 2. The molecule has 1 aromatic carbocycles. The quantitative estimate of drug-likeness (QED) is 0.746. The number of carbonyl (C=O) groups excluding carboxylic acids is 2. The first-order valence-corrected chi connectivity index (χ1v) is 7.42. The van der Waals surface area contributed by atoms with E-state index in [0.29, 0.717) is 22.8 Å². The second-order valence-electron chi connectivity index (χ2n) is 5.05. The minimum atomic E-state index is -0.396. The van der Waals surface area contributed by atoms with Crippen LogP contribution in [-0.2, 0) is 0 Å². The molecule has 3 aromatic rings. The Morgan fingerprint density at radius 3 is 2.40 bits per heavy atom. The summed E-state index contributed by atoms with van der Waals surface area (Å²) < 4.78 is 10.1. The SMILES string of the molecule is COc1ccc(C(=O)Nc2ccc(NC(=O)c3ccco3)nc2)cc1. The van der Waals surface area contributed by atoms with Crippen LogP contribution in [0, 0.1) is 0 Å². The second kappa shape index (κ2) is 7.31. The molecule has 0 bridgehead atoms. The minimum Gasteiger partial charge on any atom is -0.497 e. The maximum absolute atomic E-state index is 12.2. The number of pyridine rings is 1. The third-order valence-corrected chi connectivity index (χ3v) is 3.36. The van der Waals surface area contributed by atoms with E-state index >= 15 is 0 Å². The number of methoxy groups -OCH3 is 1. The second-order valence-corrected chi connectivity index (χ2v) is 5.05. The van der Waals surface area contributed by atoms with E-state index in [0.717, 1.165) is 0 Å². The Morgan fingerprint density at radius 2 is 1.80 bits per heavy atom. The molecule has 2 amide bonds. The van der Waals surface area contributed by atoms with E-state index < -0.39 is 5.91 Å². The van der Waals surface area contributed by atoms with E-state index in [1.54, 1.807) is 55.6 Å². The Balaban J connectivity index is 1.61. The molecule has 0 spiro atoms. The van der Waals surface area contributed by atoms with Gasteiger partial charge in [-0.2, -0.15) is 0 Å². The normalized spacial score (nSPS) is 10.1. The van der Waals surface area contributed by atoms with Crippen LogP contribution in [0.4, 0.5) is 11.5 Å². The van der Waals surface area contributed by atoms with Gasteiger partial charge in [-0.05, 0) is 48.5 Å². The lowest BCUT2D eigenvalue weighted by molar-refractivity contribution is 0.0994. The summed E-state index contributed by atoms with van der Waals surface area (Å²) in [6.07, 6.45) is 2.87. The number of nitrogens with one attached hydrogen (secondary N) is 2. The van der Waals surface area contributed by atoms with Crippen molar-refractivity contribution in [1.29, 1.82) is 0 Å². The average molecular weight is 337 g/mol. The molecule has 0 atom stereocenters. The summed E-state index contributed by atoms with van der Waals surface area (Å²) in [5, 5.41) is 5.33. The number of ether oxygens (including phenoxy) is 1. The van der Waals surface area contributed by atoms with Crippen molar-refractivity contribution in [2.24, 2.45) is 0 Å². The predicted octanol–water partition coefficient (Wildman–Crippen LogP) is 3.19. The molecule has 0 unspecified atom stereocenters. The number of benzene rings is 1. The fourth-order valence-electron chi connectivity index (χ4n) is 2.07. The van der Waals surface area contributed by atoms with Crippen LogP contribution >= 0.6 is 0 Å². The Kier molecular flexibility index (Phi) is 4.75. The Bertz CT molecular complexity index is 856. The summed E-state index contributed by atoms with van der Waals surface area (Å²) in [7, 11) is 1.56. The zero-order valence-electron chi connectivity index (χ0n) is 13.4. The van der Waals surface area contributed by atoms with Crippen molar-refractivity contribution >= 4 is 23.3 Å². The number of hydrogen-bond acceptors (Lipinski definition) is 5. The van der Waals surface area contributed by atoms with Crippen LogP contribution in [0.5, 0.6) is 5.75 Å². The molecule has 0 aliphatic rings. The van der Waals surface area contributed by atoms with E-state index in [-0.39, 0.29) is 11.7 Å². The van der Waals surface area contributed by atoms with Gasteiger partial charge >= 0.3 is 0 Å². The van der Waals surface area contributed by atoms with E-state index in [1.165, 1.54) is 12.5 Å². The molecule has 0 aliphatic carbocycles. The molecule has 3 rings (SSSR count). The van der Waals surface area contributed by atoms with Crippen LogP contribution in [0.1, 0.15) is 20.9 Å². The van der Waals surface area contributed by atoms with E-state index in [1.807, 2.05) is 0 Å². The van der Waals surface area contributed by atoms with Crippen LogP contribution in [0.2, 0.25) is 0 Å². The Labute approximate surface area is 143 Å². The summed E-state index contributed by atoms with van der Waals surface area (Å²) in [5.41, 5.74) is 1.01. The van der Waals surface area contributed by atoms with Crippen LogP contribution in [0.3, 0.4) is 0 Å². The molecule has 0 saturated carbocycles. The predicted molar refractivity (Wildman–Crippen MR) is 91.8 cm³/mol. The molecule has 0 fully saturated rings. The molecule has 2 heterocycles. The van der Waals surface area contributed by atoms with Crippen LogP contribution in [0.15, 0.2) is 65.4 Å². The Hall–Kier alpha value is -3.61. The first kappa shape index (κ1) is 16.3. The third-order valence-electron chi connectivity index (χ3n) is 3.36. The monoisotopic (exact) mass is 337 g/mol. The molecule has 126 valence electrons. The van der Waals surface area contributed by atoms with Gasteiger partial charge in [0.15, 0.2) is 5.76 Å². The zero-order chi connectivity index (χ0) is 17.6. The van der Waals surface area contributed by atoms with Crippen LogP contribution in [-0.4, -0.2) is 23.9 Å². The summed E-state index contributed by atoms with van der Waals surface area (Å²) >= 11 is 0. The van der Waals surface area contributed by atoms with Crippen molar-refractivity contribution in [1.82, 2.24) is 4.98 Å². The summed E-state index contributed by atoms with van der Waals surface area (Å²) in [6, 6.07) is 13.2. The molecule has 2 aromatic heterocycles. The topological polar surface area (TPSA) is 93.5 Å². The highest BCUT2D eigenvalue weighted by Gasteiger charge is 2.10.